The molecule has 2 aliphatic rings. The summed E-state index contributed by atoms with van der Waals surface area (Å²) in [6, 6.07) is 7.26. The van der Waals surface area contributed by atoms with E-state index in [-0.39, 0.29) is 36.2 Å². The van der Waals surface area contributed by atoms with E-state index in [9.17, 15) is 9.59 Å². The molecule has 24 heavy (non-hydrogen) atoms. The van der Waals surface area contributed by atoms with E-state index in [0.29, 0.717) is 17.5 Å². The maximum absolute atomic E-state index is 12.9. The normalized spacial score (nSPS) is 30.0. The van der Waals surface area contributed by atoms with Crippen molar-refractivity contribution in [2.45, 2.75) is 37.8 Å². The van der Waals surface area contributed by atoms with Gasteiger partial charge in [0.15, 0.2) is 0 Å². The van der Waals surface area contributed by atoms with Gasteiger partial charge in [0.05, 0.1) is 12.0 Å². The first-order valence-electron chi connectivity index (χ1n) is 8.53. The third kappa shape index (κ3) is 3.28. The van der Waals surface area contributed by atoms with Crippen molar-refractivity contribution in [2.75, 3.05) is 13.6 Å². The van der Waals surface area contributed by atoms with E-state index in [0.717, 1.165) is 24.8 Å². The molecular weight excluding hydrogens is 326 g/mol. The van der Waals surface area contributed by atoms with E-state index >= 15 is 0 Å². The molecule has 2 fully saturated rings. The van der Waals surface area contributed by atoms with Crippen molar-refractivity contribution >= 4 is 23.4 Å². The van der Waals surface area contributed by atoms with Crippen molar-refractivity contribution in [3.63, 3.8) is 0 Å². The zero-order valence-corrected chi connectivity index (χ0v) is 14.6. The van der Waals surface area contributed by atoms with E-state index in [1.165, 1.54) is 0 Å². The maximum Gasteiger partial charge on any atom is 0.226 e. The van der Waals surface area contributed by atoms with Crippen LogP contribution in [0.25, 0.3) is 0 Å². The number of hydrogen-bond donors (Lipinski definition) is 2. The SMILES string of the molecule is CN1C(=O)C[C@H](C(=O)N[C@@H]2CCC[C@@H]2CN)[C@H]1c1cccc(Cl)c1. The Labute approximate surface area is 147 Å². The number of likely N-dealkylation sites (tertiary alicyclic amines) is 1. The highest BCUT2D eigenvalue weighted by Gasteiger charge is 2.43. The summed E-state index contributed by atoms with van der Waals surface area (Å²) in [6.07, 6.45) is 3.35. The van der Waals surface area contributed by atoms with E-state index in [4.69, 9.17) is 17.3 Å². The lowest BCUT2D eigenvalue weighted by Crippen LogP contribution is -2.43. The molecule has 4 atom stereocenters. The monoisotopic (exact) mass is 349 g/mol. The van der Waals surface area contributed by atoms with Gasteiger partial charge in [0.2, 0.25) is 11.8 Å². The third-order valence-electron chi connectivity index (χ3n) is 5.40. The Bertz CT molecular complexity index is 636. The van der Waals surface area contributed by atoms with E-state index < -0.39 is 0 Å². The number of nitrogens with zero attached hydrogens (tertiary/aromatic N) is 1. The van der Waals surface area contributed by atoms with Gasteiger partial charge in [-0.15, -0.1) is 0 Å². The van der Waals surface area contributed by atoms with Gasteiger partial charge in [0, 0.05) is 24.5 Å². The minimum Gasteiger partial charge on any atom is -0.353 e. The van der Waals surface area contributed by atoms with Crippen LogP contribution < -0.4 is 11.1 Å². The molecule has 3 N–H and O–H groups in total. The number of carbonyl (C=O) groups is 2. The number of rotatable bonds is 4. The number of amides is 2. The average Bonchev–Trinajstić information content (AvgIpc) is 3.12. The summed E-state index contributed by atoms with van der Waals surface area (Å²) in [5.41, 5.74) is 6.70. The molecule has 1 aliphatic carbocycles. The van der Waals surface area contributed by atoms with Crippen molar-refractivity contribution < 1.29 is 9.59 Å². The fourth-order valence-corrected chi connectivity index (χ4v) is 4.25. The number of nitrogens with two attached hydrogens (primary N) is 1. The Morgan fingerprint density at radius 1 is 1.42 bits per heavy atom. The van der Waals surface area contributed by atoms with Gasteiger partial charge >= 0.3 is 0 Å². The lowest BCUT2D eigenvalue weighted by atomic mass is 9.92. The van der Waals surface area contributed by atoms with Crippen LogP contribution in [0, 0.1) is 11.8 Å². The fourth-order valence-electron chi connectivity index (χ4n) is 4.05. The van der Waals surface area contributed by atoms with Crippen LogP contribution in [-0.4, -0.2) is 36.3 Å². The van der Waals surface area contributed by atoms with Gasteiger partial charge in [-0.05, 0) is 43.0 Å². The van der Waals surface area contributed by atoms with Gasteiger partial charge in [-0.1, -0.05) is 30.2 Å². The highest BCUT2D eigenvalue weighted by Crippen LogP contribution is 2.38. The van der Waals surface area contributed by atoms with Gasteiger partial charge in [-0.2, -0.15) is 0 Å². The van der Waals surface area contributed by atoms with Crippen molar-refractivity contribution in [3.05, 3.63) is 34.9 Å². The van der Waals surface area contributed by atoms with Crippen LogP contribution >= 0.6 is 11.6 Å². The smallest absolute Gasteiger partial charge is 0.226 e. The second-order valence-corrected chi connectivity index (χ2v) is 7.29. The topological polar surface area (TPSA) is 75.4 Å². The second-order valence-electron chi connectivity index (χ2n) is 6.86. The molecule has 0 radical (unpaired) electrons. The number of nitrogens with one attached hydrogen (secondary N) is 1. The minimum absolute atomic E-state index is 0.0121. The highest BCUT2D eigenvalue weighted by molar-refractivity contribution is 6.30. The Balaban J connectivity index is 1.79. The first-order chi connectivity index (χ1) is 11.5. The third-order valence-corrected chi connectivity index (χ3v) is 5.64. The Morgan fingerprint density at radius 3 is 2.92 bits per heavy atom. The van der Waals surface area contributed by atoms with Gasteiger partial charge < -0.3 is 16.0 Å². The van der Waals surface area contributed by atoms with Crippen molar-refractivity contribution in [1.29, 1.82) is 0 Å². The summed E-state index contributed by atoms with van der Waals surface area (Å²) in [4.78, 5) is 26.7. The average molecular weight is 350 g/mol. The summed E-state index contributed by atoms with van der Waals surface area (Å²) in [5.74, 6) is -0.113. The van der Waals surface area contributed by atoms with Gasteiger partial charge in [-0.25, -0.2) is 0 Å². The Morgan fingerprint density at radius 2 is 2.21 bits per heavy atom. The van der Waals surface area contributed by atoms with Gasteiger partial charge in [0.25, 0.3) is 0 Å². The van der Waals surface area contributed by atoms with Crippen LogP contribution in [0.15, 0.2) is 24.3 Å². The standard InChI is InChI=1S/C18H24ClN3O2/c1-22-16(23)9-14(17(22)11-4-2-6-13(19)8-11)18(24)21-15-7-3-5-12(15)10-20/h2,4,6,8,12,14-15,17H,3,5,7,9-10,20H2,1H3,(H,21,24)/t12-,14+,15-,17-/m1/s1. The molecule has 1 heterocycles. The molecule has 1 aromatic rings. The molecule has 130 valence electrons. The highest BCUT2D eigenvalue weighted by atomic mass is 35.5. The predicted molar refractivity (Wildman–Crippen MR) is 93.4 cm³/mol. The molecule has 3 rings (SSSR count). The fraction of sp³-hybridized carbons (Fsp3) is 0.556. The number of halogens is 1. The Kier molecular flexibility index (Phi) is 5.11. The quantitative estimate of drug-likeness (QED) is 0.874. The van der Waals surface area contributed by atoms with E-state index in [2.05, 4.69) is 5.32 Å². The summed E-state index contributed by atoms with van der Waals surface area (Å²) in [5, 5.41) is 3.76. The molecule has 0 bridgehead atoms. The molecule has 1 aromatic carbocycles. The molecular formula is C18H24ClN3O2. The largest absolute Gasteiger partial charge is 0.353 e. The number of hydrogen-bond acceptors (Lipinski definition) is 3. The lowest BCUT2D eigenvalue weighted by Gasteiger charge is -2.27. The minimum atomic E-state index is -0.389. The molecule has 0 spiro atoms. The number of carbonyl (C=O) groups excluding carboxylic acids is 2. The molecule has 1 aliphatic heterocycles. The predicted octanol–water partition coefficient (Wildman–Crippen LogP) is 2.10. The zero-order chi connectivity index (χ0) is 17.3. The molecule has 0 unspecified atom stereocenters. The van der Waals surface area contributed by atoms with Crippen molar-refractivity contribution in [3.8, 4) is 0 Å². The molecule has 5 nitrogen and oxygen atoms in total. The van der Waals surface area contributed by atoms with Crippen LogP contribution in [-0.2, 0) is 9.59 Å². The van der Waals surface area contributed by atoms with Crippen LogP contribution in [0.4, 0.5) is 0 Å². The van der Waals surface area contributed by atoms with Crippen molar-refractivity contribution in [1.82, 2.24) is 10.2 Å². The summed E-state index contributed by atoms with van der Waals surface area (Å²) < 4.78 is 0. The summed E-state index contributed by atoms with van der Waals surface area (Å²) in [6.45, 7) is 0.589. The molecule has 0 aromatic heterocycles. The maximum atomic E-state index is 12.9. The van der Waals surface area contributed by atoms with Gasteiger partial charge in [-0.3, -0.25) is 9.59 Å². The summed E-state index contributed by atoms with van der Waals surface area (Å²) >= 11 is 6.09. The van der Waals surface area contributed by atoms with Crippen LogP contribution in [0.1, 0.15) is 37.3 Å². The van der Waals surface area contributed by atoms with Crippen LogP contribution in [0.5, 0.6) is 0 Å². The lowest BCUT2D eigenvalue weighted by molar-refractivity contribution is -0.128. The first-order valence-corrected chi connectivity index (χ1v) is 8.90. The van der Waals surface area contributed by atoms with Crippen LogP contribution in [0.2, 0.25) is 5.02 Å². The first kappa shape index (κ1) is 17.2. The number of benzene rings is 1. The second kappa shape index (κ2) is 7.11. The molecule has 1 saturated heterocycles. The van der Waals surface area contributed by atoms with Crippen molar-refractivity contribution in [2.24, 2.45) is 17.6 Å². The Hall–Kier alpha value is -1.59. The molecule has 6 heteroatoms. The van der Waals surface area contributed by atoms with E-state index in [1.807, 2.05) is 18.2 Å². The van der Waals surface area contributed by atoms with Gasteiger partial charge in [0.1, 0.15) is 0 Å². The molecule has 2 amide bonds. The summed E-state index contributed by atoms with van der Waals surface area (Å²) in [7, 11) is 1.75. The van der Waals surface area contributed by atoms with Crippen LogP contribution in [0.3, 0.4) is 0 Å². The zero-order valence-electron chi connectivity index (χ0n) is 13.9. The van der Waals surface area contributed by atoms with E-state index in [1.54, 1.807) is 18.0 Å². The molecule has 1 saturated carbocycles.